The first-order valence-electron chi connectivity index (χ1n) is 6.94. The van der Waals surface area contributed by atoms with Crippen molar-refractivity contribution in [2.75, 3.05) is 6.54 Å². The summed E-state index contributed by atoms with van der Waals surface area (Å²) in [6.45, 7) is 4.84. The number of hydrogen-bond acceptors (Lipinski definition) is 1. The lowest BCUT2D eigenvalue weighted by Crippen LogP contribution is -2.23. The van der Waals surface area contributed by atoms with Crippen molar-refractivity contribution in [2.45, 2.75) is 26.3 Å². The van der Waals surface area contributed by atoms with Gasteiger partial charge in [-0.2, -0.15) is 0 Å². The summed E-state index contributed by atoms with van der Waals surface area (Å²) in [5.41, 5.74) is 2.81. The molecule has 0 saturated carbocycles. The Bertz CT molecular complexity index is 630. The van der Waals surface area contributed by atoms with Gasteiger partial charge in [-0.05, 0) is 54.8 Å². The molecule has 0 heterocycles. The molecule has 1 atom stereocenters. The second-order valence-electron chi connectivity index (χ2n) is 5.08. The van der Waals surface area contributed by atoms with E-state index in [4.69, 9.17) is 11.6 Å². The summed E-state index contributed by atoms with van der Waals surface area (Å²) >= 11 is 9.63. The van der Waals surface area contributed by atoms with Crippen LogP contribution in [0.1, 0.15) is 29.7 Å². The van der Waals surface area contributed by atoms with Gasteiger partial charge in [-0.25, -0.2) is 4.39 Å². The van der Waals surface area contributed by atoms with Crippen molar-refractivity contribution in [3.8, 4) is 0 Å². The van der Waals surface area contributed by atoms with Gasteiger partial charge in [0.05, 0.1) is 0 Å². The molecule has 2 rings (SSSR count). The van der Waals surface area contributed by atoms with E-state index in [0.29, 0.717) is 12.0 Å². The Morgan fingerprint density at radius 2 is 2.00 bits per heavy atom. The molecule has 2 aromatic rings. The average molecular weight is 371 g/mol. The minimum absolute atomic E-state index is 0.00113. The van der Waals surface area contributed by atoms with Crippen molar-refractivity contribution in [1.82, 2.24) is 5.32 Å². The molecule has 21 heavy (non-hydrogen) atoms. The van der Waals surface area contributed by atoms with Crippen LogP contribution in [-0.4, -0.2) is 6.54 Å². The van der Waals surface area contributed by atoms with Gasteiger partial charge < -0.3 is 5.32 Å². The minimum Gasteiger partial charge on any atom is -0.310 e. The molecule has 0 amide bonds. The maximum absolute atomic E-state index is 14.0. The van der Waals surface area contributed by atoms with Crippen LogP contribution in [0, 0.1) is 12.7 Å². The third kappa shape index (κ3) is 4.29. The first-order chi connectivity index (χ1) is 10.0. The maximum Gasteiger partial charge on any atom is 0.127 e. The lowest BCUT2D eigenvalue weighted by atomic mass is 9.97. The Kier molecular flexibility index (Phi) is 5.80. The van der Waals surface area contributed by atoms with Crippen LogP contribution in [0.3, 0.4) is 0 Å². The lowest BCUT2D eigenvalue weighted by Gasteiger charge is -2.20. The molecular weight excluding hydrogens is 353 g/mol. The fourth-order valence-corrected chi connectivity index (χ4v) is 3.06. The van der Waals surface area contributed by atoms with E-state index in [9.17, 15) is 4.39 Å². The van der Waals surface area contributed by atoms with Crippen LogP contribution in [0.4, 0.5) is 4.39 Å². The number of benzene rings is 2. The third-order valence-corrected chi connectivity index (χ3v) is 4.24. The minimum atomic E-state index is -0.199. The van der Waals surface area contributed by atoms with Crippen LogP contribution in [-0.2, 0) is 6.42 Å². The van der Waals surface area contributed by atoms with Gasteiger partial charge in [0, 0.05) is 15.5 Å². The molecule has 0 bridgehead atoms. The lowest BCUT2D eigenvalue weighted by molar-refractivity contribution is 0.528. The molecule has 1 nitrogen and oxygen atoms in total. The van der Waals surface area contributed by atoms with Crippen LogP contribution in [0.15, 0.2) is 40.9 Å². The van der Waals surface area contributed by atoms with Gasteiger partial charge in [0.25, 0.3) is 0 Å². The molecule has 1 unspecified atom stereocenters. The SMILES string of the molecule is CCNC(Cc1ccc(Br)cc1F)c1ccc(C)cc1Cl. The molecule has 0 radical (unpaired) electrons. The smallest absolute Gasteiger partial charge is 0.127 e. The van der Waals surface area contributed by atoms with Gasteiger partial charge in [-0.3, -0.25) is 0 Å². The monoisotopic (exact) mass is 369 g/mol. The predicted molar refractivity (Wildman–Crippen MR) is 90.4 cm³/mol. The largest absolute Gasteiger partial charge is 0.310 e. The molecule has 2 aromatic carbocycles. The van der Waals surface area contributed by atoms with Gasteiger partial charge in [-0.15, -0.1) is 0 Å². The second-order valence-corrected chi connectivity index (χ2v) is 6.40. The van der Waals surface area contributed by atoms with Crippen molar-refractivity contribution in [1.29, 1.82) is 0 Å². The Hall–Kier alpha value is -0.900. The van der Waals surface area contributed by atoms with E-state index in [1.54, 1.807) is 0 Å². The Labute approximate surface area is 138 Å². The highest BCUT2D eigenvalue weighted by molar-refractivity contribution is 9.10. The molecule has 0 aromatic heterocycles. The second kappa shape index (κ2) is 7.39. The summed E-state index contributed by atoms with van der Waals surface area (Å²) < 4.78 is 14.8. The summed E-state index contributed by atoms with van der Waals surface area (Å²) in [5.74, 6) is -0.199. The molecule has 0 spiro atoms. The molecule has 0 fully saturated rings. The molecular formula is C17H18BrClFN. The fraction of sp³-hybridized carbons (Fsp3) is 0.294. The summed E-state index contributed by atoms with van der Waals surface area (Å²) in [6.07, 6.45) is 0.565. The standard InChI is InChI=1S/C17H18BrClFN/c1-3-21-17(14-7-4-11(2)8-15(14)19)9-12-5-6-13(18)10-16(12)20/h4-8,10,17,21H,3,9H2,1-2H3. The van der Waals surface area contributed by atoms with Gasteiger partial charge in [0.15, 0.2) is 0 Å². The zero-order valence-corrected chi connectivity index (χ0v) is 14.4. The van der Waals surface area contributed by atoms with E-state index in [0.717, 1.165) is 27.2 Å². The van der Waals surface area contributed by atoms with E-state index in [1.807, 2.05) is 44.2 Å². The van der Waals surface area contributed by atoms with E-state index in [-0.39, 0.29) is 11.9 Å². The molecule has 0 aliphatic heterocycles. The quantitative estimate of drug-likeness (QED) is 0.738. The van der Waals surface area contributed by atoms with Gasteiger partial charge in [0.2, 0.25) is 0 Å². The fourth-order valence-electron chi connectivity index (χ4n) is 2.36. The third-order valence-electron chi connectivity index (χ3n) is 3.42. The summed E-state index contributed by atoms with van der Waals surface area (Å²) in [4.78, 5) is 0. The zero-order valence-electron chi connectivity index (χ0n) is 12.1. The van der Waals surface area contributed by atoms with Crippen LogP contribution in [0.25, 0.3) is 0 Å². The van der Waals surface area contributed by atoms with Crippen molar-refractivity contribution >= 4 is 27.5 Å². The zero-order chi connectivity index (χ0) is 15.4. The number of halogens is 3. The summed E-state index contributed by atoms with van der Waals surface area (Å²) in [6, 6.07) is 11.2. The Morgan fingerprint density at radius 1 is 1.24 bits per heavy atom. The predicted octanol–water partition coefficient (Wildman–Crippen LogP) is 5.44. The summed E-state index contributed by atoms with van der Waals surface area (Å²) in [7, 11) is 0. The Balaban J connectivity index is 2.30. The first kappa shape index (κ1) is 16.5. The van der Waals surface area contributed by atoms with E-state index >= 15 is 0 Å². The number of hydrogen-bond donors (Lipinski definition) is 1. The normalized spacial score (nSPS) is 12.4. The molecule has 0 aliphatic carbocycles. The number of aryl methyl sites for hydroxylation is 1. The van der Waals surface area contributed by atoms with E-state index < -0.39 is 0 Å². The topological polar surface area (TPSA) is 12.0 Å². The van der Waals surface area contributed by atoms with Gasteiger partial charge >= 0.3 is 0 Å². The van der Waals surface area contributed by atoms with Crippen molar-refractivity contribution < 1.29 is 4.39 Å². The van der Waals surface area contributed by atoms with Crippen LogP contribution in [0.5, 0.6) is 0 Å². The first-order valence-corrected chi connectivity index (χ1v) is 8.11. The Morgan fingerprint density at radius 3 is 2.62 bits per heavy atom. The number of nitrogens with one attached hydrogen (secondary N) is 1. The maximum atomic E-state index is 14.0. The summed E-state index contributed by atoms with van der Waals surface area (Å²) in [5, 5.41) is 4.11. The number of likely N-dealkylation sites (N-methyl/N-ethyl adjacent to an activating group) is 1. The van der Waals surface area contributed by atoms with Crippen molar-refractivity contribution in [2.24, 2.45) is 0 Å². The van der Waals surface area contributed by atoms with Gasteiger partial charge in [-0.1, -0.05) is 52.7 Å². The molecule has 0 aliphatic rings. The molecule has 1 N–H and O–H groups in total. The highest BCUT2D eigenvalue weighted by atomic mass is 79.9. The van der Waals surface area contributed by atoms with Crippen LogP contribution >= 0.6 is 27.5 Å². The van der Waals surface area contributed by atoms with Crippen molar-refractivity contribution in [3.05, 3.63) is 68.4 Å². The van der Waals surface area contributed by atoms with Crippen LogP contribution in [0.2, 0.25) is 5.02 Å². The molecule has 112 valence electrons. The molecule has 4 heteroatoms. The molecule has 0 saturated heterocycles. The highest BCUT2D eigenvalue weighted by Crippen LogP contribution is 2.28. The van der Waals surface area contributed by atoms with E-state index in [2.05, 4.69) is 21.2 Å². The number of rotatable bonds is 5. The van der Waals surface area contributed by atoms with Crippen LogP contribution < -0.4 is 5.32 Å². The van der Waals surface area contributed by atoms with E-state index in [1.165, 1.54) is 6.07 Å². The average Bonchev–Trinajstić information content (AvgIpc) is 2.41. The van der Waals surface area contributed by atoms with Gasteiger partial charge in [0.1, 0.15) is 5.82 Å². The highest BCUT2D eigenvalue weighted by Gasteiger charge is 2.16. The van der Waals surface area contributed by atoms with Crippen molar-refractivity contribution in [3.63, 3.8) is 0 Å².